The lowest BCUT2D eigenvalue weighted by Gasteiger charge is -2.23. The topological polar surface area (TPSA) is 108 Å². The van der Waals surface area contributed by atoms with Crippen LogP contribution in [0.4, 0.5) is 5.69 Å². The van der Waals surface area contributed by atoms with E-state index < -0.39 is 22.8 Å². The summed E-state index contributed by atoms with van der Waals surface area (Å²) in [5, 5.41) is 14.3. The monoisotopic (exact) mass is 314 g/mol. The lowest BCUT2D eigenvalue weighted by Crippen LogP contribution is -2.27. The SMILES string of the molecule is O=C1OCC2=C1C(c1ccccc1[N+](=O)[O-])C1=C(COC1=O)N2. The van der Waals surface area contributed by atoms with Crippen molar-refractivity contribution >= 4 is 17.6 Å². The number of cyclic esters (lactones) is 2. The van der Waals surface area contributed by atoms with Crippen molar-refractivity contribution < 1.29 is 24.0 Å². The van der Waals surface area contributed by atoms with Gasteiger partial charge in [0.05, 0.1) is 33.4 Å². The fourth-order valence-corrected chi connectivity index (χ4v) is 3.16. The molecule has 23 heavy (non-hydrogen) atoms. The molecule has 0 spiro atoms. The first kappa shape index (κ1) is 13.5. The number of nitrogens with one attached hydrogen (secondary N) is 1. The van der Waals surface area contributed by atoms with E-state index in [1.807, 2.05) is 0 Å². The van der Waals surface area contributed by atoms with Gasteiger partial charge < -0.3 is 14.8 Å². The van der Waals surface area contributed by atoms with Crippen molar-refractivity contribution in [2.24, 2.45) is 0 Å². The van der Waals surface area contributed by atoms with Gasteiger partial charge in [0.15, 0.2) is 0 Å². The van der Waals surface area contributed by atoms with Gasteiger partial charge in [-0.05, 0) is 0 Å². The second-order valence-electron chi connectivity index (χ2n) is 5.31. The average molecular weight is 314 g/mol. The van der Waals surface area contributed by atoms with E-state index in [-0.39, 0.29) is 35.6 Å². The molecule has 3 aliphatic rings. The number of nitro groups is 1. The van der Waals surface area contributed by atoms with Gasteiger partial charge in [0.1, 0.15) is 13.2 Å². The summed E-state index contributed by atoms with van der Waals surface area (Å²) >= 11 is 0. The molecule has 8 nitrogen and oxygen atoms in total. The van der Waals surface area contributed by atoms with Crippen molar-refractivity contribution in [3.8, 4) is 0 Å². The van der Waals surface area contributed by atoms with E-state index >= 15 is 0 Å². The molecule has 0 aromatic heterocycles. The first-order chi connectivity index (χ1) is 11.1. The number of hydrogen-bond donors (Lipinski definition) is 1. The molecule has 0 atom stereocenters. The van der Waals surface area contributed by atoms with Crippen LogP contribution in [0.5, 0.6) is 0 Å². The van der Waals surface area contributed by atoms with Gasteiger partial charge in [-0.3, -0.25) is 10.1 Å². The van der Waals surface area contributed by atoms with E-state index in [1.165, 1.54) is 12.1 Å². The largest absolute Gasteiger partial charge is 0.456 e. The first-order valence-corrected chi connectivity index (χ1v) is 6.88. The molecule has 4 rings (SSSR count). The summed E-state index contributed by atoms with van der Waals surface area (Å²) in [6.45, 7) is 0.104. The second kappa shape index (κ2) is 4.67. The molecule has 8 heteroatoms. The Morgan fingerprint density at radius 1 is 1.04 bits per heavy atom. The molecule has 0 bridgehead atoms. The maximum Gasteiger partial charge on any atom is 0.337 e. The lowest BCUT2D eigenvalue weighted by molar-refractivity contribution is -0.385. The summed E-state index contributed by atoms with van der Waals surface area (Å²) in [6, 6.07) is 6.05. The molecule has 116 valence electrons. The van der Waals surface area contributed by atoms with Gasteiger partial charge in [0.2, 0.25) is 0 Å². The fourth-order valence-electron chi connectivity index (χ4n) is 3.16. The van der Waals surface area contributed by atoms with Crippen molar-refractivity contribution in [2.45, 2.75) is 5.92 Å². The van der Waals surface area contributed by atoms with Crippen LogP contribution >= 0.6 is 0 Å². The zero-order valence-electron chi connectivity index (χ0n) is 11.7. The predicted octanol–water partition coefficient (Wildman–Crippen LogP) is 0.903. The summed E-state index contributed by atoms with van der Waals surface area (Å²) < 4.78 is 10.1. The van der Waals surface area contributed by atoms with Gasteiger partial charge in [-0.25, -0.2) is 9.59 Å². The third-order valence-electron chi connectivity index (χ3n) is 4.11. The number of rotatable bonds is 2. The summed E-state index contributed by atoms with van der Waals surface area (Å²) in [7, 11) is 0. The van der Waals surface area contributed by atoms with Gasteiger partial charge in [0, 0.05) is 11.6 Å². The van der Waals surface area contributed by atoms with Crippen LogP contribution in [0.25, 0.3) is 0 Å². The minimum Gasteiger partial charge on any atom is -0.456 e. The van der Waals surface area contributed by atoms with E-state index in [4.69, 9.17) is 9.47 Å². The van der Waals surface area contributed by atoms with Crippen LogP contribution in [-0.2, 0) is 19.1 Å². The van der Waals surface area contributed by atoms with Crippen LogP contribution in [-0.4, -0.2) is 30.1 Å². The predicted molar refractivity (Wildman–Crippen MR) is 74.9 cm³/mol. The maximum absolute atomic E-state index is 12.1. The van der Waals surface area contributed by atoms with Crippen molar-refractivity contribution in [1.29, 1.82) is 0 Å². The normalized spacial score (nSPS) is 20.0. The zero-order chi connectivity index (χ0) is 16.1. The molecule has 0 unspecified atom stereocenters. The highest BCUT2D eigenvalue weighted by molar-refractivity contribution is 6.02. The van der Waals surface area contributed by atoms with E-state index in [0.717, 1.165) is 0 Å². The molecule has 0 saturated carbocycles. The van der Waals surface area contributed by atoms with Crippen molar-refractivity contribution in [2.75, 3.05) is 13.2 Å². The maximum atomic E-state index is 12.1. The Kier molecular flexibility index (Phi) is 2.74. The Bertz CT molecular complexity index is 798. The van der Waals surface area contributed by atoms with E-state index in [1.54, 1.807) is 12.1 Å². The molecular weight excluding hydrogens is 304 g/mol. The third kappa shape index (κ3) is 1.84. The average Bonchev–Trinajstić information content (AvgIpc) is 3.09. The van der Waals surface area contributed by atoms with Crippen LogP contribution in [0.2, 0.25) is 0 Å². The number of benzene rings is 1. The van der Waals surface area contributed by atoms with Crippen LogP contribution in [0.3, 0.4) is 0 Å². The molecule has 1 N–H and O–H groups in total. The zero-order valence-corrected chi connectivity index (χ0v) is 11.7. The van der Waals surface area contributed by atoms with E-state index in [9.17, 15) is 19.7 Å². The van der Waals surface area contributed by atoms with Crippen LogP contribution in [0.15, 0.2) is 46.8 Å². The highest BCUT2D eigenvalue weighted by atomic mass is 16.6. The summed E-state index contributed by atoms with van der Waals surface area (Å²) in [5.41, 5.74) is 1.63. The smallest absolute Gasteiger partial charge is 0.337 e. The third-order valence-corrected chi connectivity index (χ3v) is 4.11. The van der Waals surface area contributed by atoms with Crippen molar-refractivity contribution in [3.63, 3.8) is 0 Å². The molecule has 0 amide bonds. The minimum atomic E-state index is -0.854. The Balaban J connectivity index is 1.96. The Labute approximate surface area is 129 Å². The number of hydrogen-bond acceptors (Lipinski definition) is 7. The highest BCUT2D eigenvalue weighted by Gasteiger charge is 2.46. The number of para-hydroxylation sites is 1. The molecule has 0 saturated heterocycles. The summed E-state index contributed by atoms with van der Waals surface area (Å²) in [5.74, 6) is -2.02. The standard InChI is InChI=1S/C15H10N2O6/c18-14-12-8(5-22-14)16-9-6-23-15(19)13(9)11(12)7-3-1-2-4-10(7)17(20)21/h1-4,11,16H,5-6H2. The minimum absolute atomic E-state index is 0.0519. The van der Waals surface area contributed by atoms with Gasteiger partial charge in [-0.1, -0.05) is 18.2 Å². The number of esters is 2. The fraction of sp³-hybridized carbons (Fsp3) is 0.200. The number of nitrogens with zero attached hydrogens (tertiary/aromatic N) is 1. The van der Waals surface area contributed by atoms with Gasteiger partial charge in [-0.2, -0.15) is 0 Å². The molecule has 0 fully saturated rings. The number of carbonyl (C=O) groups excluding carboxylic acids is 2. The number of dihydropyridines is 1. The van der Waals surface area contributed by atoms with Crippen LogP contribution < -0.4 is 5.32 Å². The lowest BCUT2D eigenvalue weighted by atomic mass is 9.80. The van der Waals surface area contributed by atoms with Crippen molar-refractivity contribution in [3.05, 3.63) is 62.5 Å². The number of nitro benzene ring substituents is 1. The Hall–Kier alpha value is -3.16. The molecule has 0 radical (unpaired) electrons. The molecule has 3 aliphatic heterocycles. The number of ether oxygens (including phenoxy) is 2. The van der Waals surface area contributed by atoms with Gasteiger partial charge in [-0.15, -0.1) is 0 Å². The number of carbonyl (C=O) groups is 2. The summed E-state index contributed by atoms with van der Waals surface area (Å²) in [6.07, 6.45) is 0. The first-order valence-electron chi connectivity index (χ1n) is 6.88. The molecule has 1 aromatic rings. The Morgan fingerprint density at radius 2 is 1.61 bits per heavy atom. The molecule has 0 aliphatic carbocycles. The second-order valence-corrected chi connectivity index (χ2v) is 5.31. The van der Waals surface area contributed by atoms with Crippen LogP contribution in [0, 0.1) is 10.1 Å². The quantitative estimate of drug-likeness (QED) is 0.491. The van der Waals surface area contributed by atoms with E-state index in [2.05, 4.69) is 5.32 Å². The van der Waals surface area contributed by atoms with Gasteiger partial charge >= 0.3 is 11.9 Å². The van der Waals surface area contributed by atoms with Gasteiger partial charge in [0.25, 0.3) is 5.69 Å². The molecule has 1 aromatic carbocycles. The molecule has 3 heterocycles. The van der Waals surface area contributed by atoms with E-state index in [0.29, 0.717) is 11.4 Å². The summed E-state index contributed by atoms with van der Waals surface area (Å²) in [4.78, 5) is 35.0. The molecular formula is C15H10N2O6. The van der Waals surface area contributed by atoms with Crippen LogP contribution in [0.1, 0.15) is 11.5 Å². The van der Waals surface area contributed by atoms with Crippen molar-refractivity contribution in [1.82, 2.24) is 5.32 Å². The Morgan fingerprint density at radius 3 is 2.17 bits per heavy atom. The highest BCUT2D eigenvalue weighted by Crippen LogP contribution is 2.45.